The lowest BCUT2D eigenvalue weighted by molar-refractivity contribution is -0.117. The van der Waals surface area contributed by atoms with Gasteiger partial charge in [0.2, 0.25) is 11.8 Å². The Kier molecular flexibility index (Phi) is 5.81. The van der Waals surface area contributed by atoms with Crippen LogP contribution in [0.1, 0.15) is 23.2 Å². The highest BCUT2D eigenvalue weighted by Crippen LogP contribution is 2.32. The molecule has 0 radical (unpaired) electrons. The van der Waals surface area contributed by atoms with Gasteiger partial charge < -0.3 is 16.0 Å². The second-order valence-corrected chi connectivity index (χ2v) is 8.07. The quantitative estimate of drug-likeness (QED) is 0.506. The number of hydrogen-bond acceptors (Lipinski definition) is 3. The van der Waals surface area contributed by atoms with Crippen LogP contribution < -0.4 is 16.0 Å². The maximum atomic E-state index is 12.8. The molecule has 1 saturated carbocycles. The summed E-state index contributed by atoms with van der Waals surface area (Å²) in [4.78, 5) is 37.4. The Hall–Kier alpha value is -3.19. The number of hydrogen-bond donors (Lipinski definition) is 3. The minimum absolute atomic E-state index is 0.0162. The Morgan fingerprint density at radius 3 is 2.23 bits per heavy atom. The molecule has 0 saturated heterocycles. The fraction of sp³-hybridized carbons (Fsp3) is 0.174. The SMILES string of the molecule is O=C(CNC(=O)c1cc2ccccc2cc1NC(=O)C1CC1)Nc1ccccc1Br. The van der Waals surface area contributed by atoms with Crippen LogP contribution in [-0.2, 0) is 9.59 Å². The Bertz CT molecular complexity index is 1140. The van der Waals surface area contributed by atoms with Gasteiger partial charge in [-0.1, -0.05) is 36.4 Å². The van der Waals surface area contributed by atoms with Gasteiger partial charge in [0, 0.05) is 10.4 Å². The van der Waals surface area contributed by atoms with Crippen molar-refractivity contribution in [3.8, 4) is 0 Å². The van der Waals surface area contributed by atoms with Crippen LogP contribution >= 0.6 is 15.9 Å². The standard InChI is InChI=1S/C23H20BrN3O3/c24-18-7-3-4-8-19(18)26-21(28)13-25-23(30)17-11-15-5-1-2-6-16(15)12-20(17)27-22(29)14-9-10-14/h1-8,11-12,14H,9-10,13H2,(H,25,30)(H,26,28)(H,27,29). The average Bonchev–Trinajstić information content (AvgIpc) is 3.59. The summed E-state index contributed by atoms with van der Waals surface area (Å²) in [6, 6.07) is 18.4. The summed E-state index contributed by atoms with van der Waals surface area (Å²) in [7, 11) is 0. The second-order valence-electron chi connectivity index (χ2n) is 7.22. The minimum Gasteiger partial charge on any atom is -0.343 e. The molecule has 0 heterocycles. The summed E-state index contributed by atoms with van der Waals surface area (Å²) in [6.07, 6.45) is 1.74. The van der Waals surface area contributed by atoms with Crippen molar-refractivity contribution >= 4 is 55.8 Å². The first kappa shape index (κ1) is 20.1. The number of carbonyl (C=O) groups excluding carboxylic acids is 3. The Morgan fingerprint density at radius 1 is 0.867 bits per heavy atom. The lowest BCUT2D eigenvalue weighted by Crippen LogP contribution is -2.33. The van der Waals surface area contributed by atoms with Gasteiger partial charge in [0.05, 0.1) is 23.5 Å². The number of halogens is 1. The molecule has 0 unspecified atom stereocenters. The topological polar surface area (TPSA) is 87.3 Å². The number of nitrogens with one attached hydrogen (secondary N) is 3. The number of para-hydroxylation sites is 1. The van der Waals surface area contributed by atoms with E-state index in [4.69, 9.17) is 0 Å². The summed E-state index contributed by atoms with van der Waals surface area (Å²) in [5, 5.41) is 10.1. The van der Waals surface area contributed by atoms with E-state index >= 15 is 0 Å². The van der Waals surface area contributed by atoms with Crippen LogP contribution in [0.4, 0.5) is 11.4 Å². The van der Waals surface area contributed by atoms with Crippen molar-refractivity contribution in [2.45, 2.75) is 12.8 Å². The number of fused-ring (bicyclic) bond motifs is 1. The first-order valence-electron chi connectivity index (χ1n) is 9.67. The first-order valence-corrected chi connectivity index (χ1v) is 10.5. The van der Waals surface area contributed by atoms with Crippen LogP contribution in [0.25, 0.3) is 10.8 Å². The molecule has 30 heavy (non-hydrogen) atoms. The largest absolute Gasteiger partial charge is 0.343 e. The average molecular weight is 466 g/mol. The van der Waals surface area contributed by atoms with Crippen molar-refractivity contribution in [1.82, 2.24) is 5.32 Å². The van der Waals surface area contributed by atoms with Gasteiger partial charge in [-0.2, -0.15) is 0 Å². The molecule has 4 rings (SSSR count). The van der Waals surface area contributed by atoms with E-state index in [-0.39, 0.29) is 24.3 Å². The minimum atomic E-state index is -0.422. The zero-order valence-electron chi connectivity index (χ0n) is 16.1. The zero-order valence-corrected chi connectivity index (χ0v) is 17.7. The third kappa shape index (κ3) is 4.68. The number of carbonyl (C=O) groups is 3. The van der Waals surface area contributed by atoms with E-state index in [9.17, 15) is 14.4 Å². The highest BCUT2D eigenvalue weighted by molar-refractivity contribution is 9.10. The third-order valence-electron chi connectivity index (χ3n) is 4.89. The number of amides is 3. The van der Waals surface area contributed by atoms with Gasteiger partial charge in [-0.15, -0.1) is 0 Å². The summed E-state index contributed by atoms with van der Waals surface area (Å²) in [5.41, 5.74) is 1.41. The van der Waals surface area contributed by atoms with Gasteiger partial charge >= 0.3 is 0 Å². The van der Waals surface area contributed by atoms with Crippen LogP contribution in [0.3, 0.4) is 0 Å². The van der Waals surface area contributed by atoms with E-state index in [1.54, 1.807) is 18.2 Å². The van der Waals surface area contributed by atoms with E-state index in [1.807, 2.05) is 42.5 Å². The lowest BCUT2D eigenvalue weighted by atomic mass is 10.0. The Labute approximate surface area is 182 Å². The summed E-state index contributed by atoms with van der Waals surface area (Å²) < 4.78 is 0.754. The van der Waals surface area contributed by atoms with Gasteiger partial charge in [0.25, 0.3) is 5.91 Å². The fourth-order valence-electron chi connectivity index (χ4n) is 3.12. The van der Waals surface area contributed by atoms with E-state index in [2.05, 4.69) is 31.9 Å². The van der Waals surface area contributed by atoms with E-state index < -0.39 is 5.91 Å². The maximum Gasteiger partial charge on any atom is 0.253 e. The molecule has 3 N–H and O–H groups in total. The zero-order chi connectivity index (χ0) is 21.1. The van der Waals surface area contributed by atoms with Crippen molar-refractivity contribution in [1.29, 1.82) is 0 Å². The van der Waals surface area contributed by atoms with Crippen LogP contribution in [0.15, 0.2) is 65.1 Å². The summed E-state index contributed by atoms with van der Waals surface area (Å²) >= 11 is 3.37. The molecule has 1 fully saturated rings. The summed E-state index contributed by atoms with van der Waals surface area (Å²) in [6.45, 7) is -0.191. The van der Waals surface area contributed by atoms with Crippen molar-refractivity contribution in [2.24, 2.45) is 5.92 Å². The maximum absolute atomic E-state index is 12.8. The summed E-state index contributed by atoms with van der Waals surface area (Å²) in [5.74, 6) is -0.831. The van der Waals surface area contributed by atoms with Crippen molar-refractivity contribution in [2.75, 3.05) is 17.2 Å². The van der Waals surface area contributed by atoms with Gasteiger partial charge in [0.1, 0.15) is 0 Å². The molecular weight excluding hydrogens is 446 g/mol. The highest BCUT2D eigenvalue weighted by Gasteiger charge is 2.30. The van der Waals surface area contributed by atoms with Crippen LogP contribution in [0, 0.1) is 5.92 Å². The molecule has 7 heteroatoms. The molecule has 6 nitrogen and oxygen atoms in total. The molecule has 0 aromatic heterocycles. The highest BCUT2D eigenvalue weighted by atomic mass is 79.9. The molecule has 0 bridgehead atoms. The molecule has 0 aliphatic heterocycles. The van der Waals surface area contributed by atoms with Crippen LogP contribution in [0.5, 0.6) is 0 Å². The molecule has 3 aromatic carbocycles. The number of benzene rings is 3. The first-order chi connectivity index (χ1) is 14.5. The van der Waals surface area contributed by atoms with Crippen molar-refractivity contribution < 1.29 is 14.4 Å². The molecule has 152 valence electrons. The fourth-order valence-corrected chi connectivity index (χ4v) is 3.51. The van der Waals surface area contributed by atoms with Gasteiger partial charge in [-0.05, 0) is 63.8 Å². The van der Waals surface area contributed by atoms with Crippen LogP contribution in [0.2, 0.25) is 0 Å². The smallest absolute Gasteiger partial charge is 0.253 e. The molecule has 3 amide bonds. The van der Waals surface area contributed by atoms with Gasteiger partial charge in [-0.25, -0.2) is 0 Å². The third-order valence-corrected chi connectivity index (χ3v) is 5.59. The van der Waals surface area contributed by atoms with Crippen molar-refractivity contribution in [3.05, 3.63) is 70.7 Å². The predicted molar refractivity (Wildman–Crippen MR) is 120 cm³/mol. The van der Waals surface area contributed by atoms with E-state index in [0.717, 1.165) is 28.1 Å². The molecule has 1 aliphatic rings. The van der Waals surface area contributed by atoms with E-state index in [0.29, 0.717) is 16.9 Å². The lowest BCUT2D eigenvalue weighted by Gasteiger charge is -2.13. The van der Waals surface area contributed by atoms with Gasteiger partial charge in [0.15, 0.2) is 0 Å². The van der Waals surface area contributed by atoms with Gasteiger partial charge in [-0.3, -0.25) is 14.4 Å². The Balaban J connectivity index is 1.50. The monoisotopic (exact) mass is 465 g/mol. The molecule has 1 aliphatic carbocycles. The Morgan fingerprint density at radius 2 is 1.53 bits per heavy atom. The second kappa shape index (κ2) is 8.67. The molecular formula is C23H20BrN3O3. The number of rotatable bonds is 6. The van der Waals surface area contributed by atoms with Crippen LogP contribution in [-0.4, -0.2) is 24.3 Å². The van der Waals surface area contributed by atoms with Crippen molar-refractivity contribution in [3.63, 3.8) is 0 Å². The molecule has 3 aromatic rings. The number of anilines is 2. The normalized spacial score (nSPS) is 13.0. The van der Waals surface area contributed by atoms with E-state index in [1.165, 1.54) is 0 Å². The molecule has 0 spiro atoms. The molecule has 0 atom stereocenters. The predicted octanol–water partition coefficient (Wildman–Crippen LogP) is 4.32.